The average molecular weight is 359 g/mol. The molecule has 2 rings (SSSR count). The number of hydrogen-bond acceptors (Lipinski definition) is 2. The minimum atomic E-state index is -0.308. The molecule has 1 saturated carbocycles. The highest BCUT2D eigenvalue weighted by Gasteiger charge is 2.16. The first-order valence-corrected chi connectivity index (χ1v) is 8.34. The molecule has 0 aliphatic heterocycles. The fraction of sp³-hybridized carbons (Fsp3) is 0.533. The van der Waals surface area contributed by atoms with Crippen molar-refractivity contribution < 1.29 is 4.39 Å². The van der Waals surface area contributed by atoms with Crippen molar-refractivity contribution in [2.24, 2.45) is 5.73 Å². The number of rotatable bonds is 3. The van der Waals surface area contributed by atoms with Crippen LogP contribution in [0.3, 0.4) is 0 Å². The second-order valence-electron chi connectivity index (χ2n) is 5.34. The molecule has 0 heterocycles. The summed E-state index contributed by atoms with van der Waals surface area (Å²) in [6.45, 7) is 0. The standard InChI is InChI=1S/C15H20BrFN2S/c16-13-11(15(18)20)8-9-12(14(13)17)19-10-6-4-2-1-3-5-7-10/h8-10,19H,1-7H2,(H2,18,20). The lowest BCUT2D eigenvalue weighted by atomic mass is 9.96. The molecule has 0 saturated heterocycles. The Labute approximate surface area is 133 Å². The van der Waals surface area contributed by atoms with E-state index in [1.54, 1.807) is 12.1 Å². The first-order chi connectivity index (χ1) is 9.59. The van der Waals surface area contributed by atoms with Crippen molar-refractivity contribution in [1.82, 2.24) is 0 Å². The fourth-order valence-corrected chi connectivity index (χ4v) is 3.53. The molecular formula is C15H20BrFN2S. The Balaban J connectivity index is 2.12. The number of anilines is 1. The Bertz CT molecular complexity index is 485. The van der Waals surface area contributed by atoms with Crippen molar-refractivity contribution >= 4 is 38.8 Å². The van der Waals surface area contributed by atoms with Crippen molar-refractivity contribution in [3.63, 3.8) is 0 Å². The molecule has 1 aromatic carbocycles. The number of benzene rings is 1. The van der Waals surface area contributed by atoms with Crippen LogP contribution in [0.15, 0.2) is 16.6 Å². The smallest absolute Gasteiger partial charge is 0.161 e. The van der Waals surface area contributed by atoms with E-state index in [1.807, 2.05) is 0 Å². The van der Waals surface area contributed by atoms with Crippen LogP contribution in [0, 0.1) is 5.82 Å². The molecular weight excluding hydrogens is 339 g/mol. The van der Waals surface area contributed by atoms with Crippen LogP contribution in [0.4, 0.5) is 10.1 Å². The summed E-state index contributed by atoms with van der Waals surface area (Å²) in [5.41, 5.74) is 6.64. The lowest BCUT2D eigenvalue weighted by Crippen LogP contribution is -2.21. The second-order valence-corrected chi connectivity index (χ2v) is 6.57. The number of nitrogens with two attached hydrogens (primary N) is 1. The molecule has 1 aliphatic rings. The van der Waals surface area contributed by atoms with Gasteiger partial charge in [0.25, 0.3) is 0 Å². The summed E-state index contributed by atoms with van der Waals surface area (Å²) in [5, 5.41) is 3.33. The van der Waals surface area contributed by atoms with Gasteiger partial charge in [0.05, 0.1) is 10.2 Å². The van der Waals surface area contributed by atoms with E-state index in [-0.39, 0.29) is 10.8 Å². The fourth-order valence-electron chi connectivity index (χ4n) is 2.67. The summed E-state index contributed by atoms with van der Waals surface area (Å²) in [6.07, 6.45) is 8.53. The molecule has 0 spiro atoms. The Kier molecular flexibility index (Phi) is 5.78. The molecule has 0 amide bonds. The highest BCUT2D eigenvalue weighted by atomic mass is 79.9. The van der Waals surface area contributed by atoms with E-state index in [0.29, 0.717) is 21.8 Å². The third-order valence-corrected chi connectivity index (χ3v) is 4.81. The Morgan fingerprint density at radius 3 is 2.40 bits per heavy atom. The Morgan fingerprint density at radius 1 is 1.20 bits per heavy atom. The van der Waals surface area contributed by atoms with Gasteiger partial charge in [-0.15, -0.1) is 0 Å². The summed E-state index contributed by atoms with van der Waals surface area (Å²) in [5.74, 6) is -0.308. The molecule has 0 bridgehead atoms. The molecule has 1 aromatic rings. The van der Waals surface area contributed by atoms with Gasteiger partial charge in [-0.25, -0.2) is 4.39 Å². The summed E-state index contributed by atoms with van der Waals surface area (Å²) in [4.78, 5) is 0.202. The lowest BCUT2D eigenvalue weighted by Gasteiger charge is -2.23. The van der Waals surface area contributed by atoms with Crippen LogP contribution in [0.5, 0.6) is 0 Å². The van der Waals surface area contributed by atoms with E-state index < -0.39 is 0 Å². The van der Waals surface area contributed by atoms with E-state index >= 15 is 0 Å². The second kappa shape index (κ2) is 7.36. The van der Waals surface area contributed by atoms with Crippen molar-refractivity contribution in [2.45, 2.75) is 51.0 Å². The van der Waals surface area contributed by atoms with Crippen molar-refractivity contribution in [1.29, 1.82) is 0 Å². The van der Waals surface area contributed by atoms with Crippen LogP contribution in [-0.2, 0) is 0 Å². The first-order valence-electron chi connectivity index (χ1n) is 7.14. The highest BCUT2D eigenvalue weighted by molar-refractivity contribution is 9.10. The van der Waals surface area contributed by atoms with Crippen LogP contribution in [-0.4, -0.2) is 11.0 Å². The predicted molar refractivity (Wildman–Crippen MR) is 89.7 cm³/mol. The van der Waals surface area contributed by atoms with Gasteiger partial charge in [0.1, 0.15) is 4.99 Å². The van der Waals surface area contributed by atoms with Gasteiger partial charge in [-0.3, -0.25) is 0 Å². The zero-order valence-corrected chi connectivity index (χ0v) is 13.8. The molecule has 5 heteroatoms. The first kappa shape index (κ1) is 15.7. The number of halogens is 2. The molecule has 0 aromatic heterocycles. The maximum absolute atomic E-state index is 14.3. The summed E-state index contributed by atoms with van der Waals surface area (Å²) in [6, 6.07) is 3.85. The molecule has 0 radical (unpaired) electrons. The molecule has 110 valence electrons. The zero-order valence-electron chi connectivity index (χ0n) is 11.4. The average Bonchev–Trinajstić information content (AvgIpc) is 2.37. The van der Waals surface area contributed by atoms with E-state index in [4.69, 9.17) is 18.0 Å². The maximum atomic E-state index is 14.3. The van der Waals surface area contributed by atoms with E-state index in [9.17, 15) is 4.39 Å². The Morgan fingerprint density at radius 2 is 1.80 bits per heavy atom. The lowest BCUT2D eigenvalue weighted by molar-refractivity contribution is 0.469. The molecule has 20 heavy (non-hydrogen) atoms. The van der Waals surface area contributed by atoms with Gasteiger partial charge in [0.15, 0.2) is 5.82 Å². The minimum Gasteiger partial charge on any atom is -0.389 e. The monoisotopic (exact) mass is 358 g/mol. The zero-order chi connectivity index (χ0) is 14.5. The van der Waals surface area contributed by atoms with Crippen LogP contribution >= 0.6 is 28.1 Å². The summed E-state index contributed by atoms with van der Waals surface area (Å²) < 4.78 is 14.7. The number of nitrogens with one attached hydrogen (secondary N) is 1. The SMILES string of the molecule is NC(=S)c1ccc(NC2CCCCCCC2)c(F)c1Br. The van der Waals surface area contributed by atoms with E-state index in [2.05, 4.69) is 21.2 Å². The quantitative estimate of drug-likeness (QED) is 0.765. The van der Waals surface area contributed by atoms with Gasteiger partial charge in [-0.1, -0.05) is 44.3 Å². The molecule has 3 N–H and O–H groups in total. The number of thiocarbonyl (C=S) groups is 1. The normalized spacial score (nSPS) is 17.3. The third-order valence-electron chi connectivity index (χ3n) is 3.81. The summed E-state index contributed by atoms with van der Waals surface area (Å²) in [7, 11) is 0. The van der Waals surface area contributed by atoms with Gasteiger partial charge in [-0.2, -0.15) is 0 Å². The summed E-state index contributed by atoms with van der Waals surface area (Å²) >= 11 is 8.15. The van der Waals surface area contributed by atoms with Crippen LogP contribution < -0.4 is 11.1 Å². The van der Waals surface area contributed by atoms with Crippen LogP contribution in [0.25, 0.3) is 0 Å². The highest BCUT2D eigenvalue weighted by Crippen LogP contribution is 2.29. The maximum Gasteiger partial charge on any atom is 0.161 e. The Hall–Kier alpha value is -0.680. The molecule has 0 unspecified atom stereocenters. The molecule has 0 atom stereocenters. The largest absolute Gasteiger partial charge is 0.389 e. The van der Waals surface area contributed by atoms with Crippen LogP contribution in [0.2, 0.25) is 0 Å². The van der Waals surface area contributed by atoms with E-state index in [1.165, 1.54) is 32.1 Å². The van der Waals surface area contributed by atoms with Gasteiger partial charge in [0, 0.05) is 11.6 Å². The van der Waals surface area contributed by atoms with Crippen molar-refractivity contribution in [2.75, 3.05) is 5.32 Å². The topological polar surface area (TPSA) is 38.0 Å². The van der Waals surface area contributed by atoms with Gasteiger partial charge < -0.3 is 11.1 Å². The molecule has 1 aliphatic carbocycles. The van der Waals surface area contributed by atoms with E-state index in [0.717, 1.165) is 12.8 Å². The number of hydrogen-bond donors (Lipinski definition) is 2. The van der Waals surface area contributed by atoms with Crippen LogP contribution in [0.1, 0.15) is 50.5 Å². The van der Waals surface area contributed by atoms with Gasteiger partial charge in [-0.05, 0) is 40.9 Å². The predicted octanol–water partition coefficient (Wildman–Crippen LogP) is 4.75. The molecule has 1 fully saturated rings. The van der Waals surface area contributed by atoms with Gasteiger partial charge in [0.2, 0.25) is 0 Å². The third kappa shape index (κ3) is 3.92. The van der Waals surface area contributed by atoms with Crippen molar-refractivity contribution in [3.8, 4) is 0 Å². The minimum absolute atomic E-state index is 0.202. The molecule has 2 nitrogen and oxygen atoms in total. The van der Waals surface area contributed by atoms with Crippen molar-refractivity contribution in [3.05, 3.63) is 28.0 Å². The van der Waals surface area contributed by atoms with Gasteiger partial charge >= 0.3 is 0 Å².